The zero-order chi connectivity index (χ0) is 19.8. The van der Waals surface area contributed by atoms with Crippen molar-refractivity contribution in [1.29, 1.82) is 0 Å². The van der Waals surface area contributed by atoms with Crippen LogP contribution in [0.1, 0.15) is 70.4 Å². The summed E-state index contributed by atoms with van der Waals surface area (Å²) in [5, 5.41) is 0. The molecule has 0 saturated carbocycles. The summed E-state index contributed by atoms with van der Waals surface area (Å²) in [6.45, 7) is 12.5. The molecular formula is C25H35N4Y. The predicted octanol–water partition coefficient (Wildman–Crippen LogP) is 6.46. The molecule has 0 amide bonds. The second kappa shape index (κ2) is 15.0. The van der Waals surface area contributed by atoms with E-state index in [0.29, 0.717) is 11.8 Å². The van der Waals surface area contributed by atoms with Gasteiger partial charge in [-0.15, -0.1) is 0 Å². The summed E-state index contributed by atoms with van der Waals surface area (Å²) in [4.78, 5) is 15.3. The van der Waals surface area contributed by atoms with Gasteiger partial charge in [0.25, 0.3) is 0 Å². The van der Waals surface area contributed by atoms with Crippen molar-refractivity contribution >= 4 is 0 Å². The van der Waals surface area contributed by atoms with Gasteiger partial charge < -0.3 is 31.2 Å². The van der Waals surface area contributed by atoms with Gasteiger partial charge in [0, 0.05) is 17.7 Å². The Morgan fingerprint density at radius 2 is 1.53 bits per heavy atom. The minimum Gasteiger partial charge on any atom is -0.368 e. The van der Waals surface area contributed by atoms with E-state index in [1.54, 1.807) is 0 Å². The van der Waals surface area contributed by atoms with Crippen LogP contribution in [0, 0.1) is 39.0 Å². The quantitative estimate of drug-likeness (QED) is 0.333. The number of rotatable bonds is 4. The number of aromatic nitrogens is 4. The Labute approximate surface area is 209 Å². The molecule has 2 heterocycles. The molecule has 3 rings (SSSR count). The van der Waals surface area contributed by atoms with Gasteiger partial charge in [-0.1, -0.05) is 52.7 Å². The fraction of sp³-hybridized carbons (Fsp3) is 0.320. The fourth-order valence-electron chi connectivity index (χ4n) is 2.45. The number of nitrogens with one attached hydrogen (secondary N) is 2. The van der Waals surface area contributed by atoms with E-state index < -0.39 is 0 Å². The standard InChI is InChI=1S/C21H23N4.C2H6.2CH3.Y/c1-5-20-22-13-19(25-20)17-9-6-16(7-10-17)8-11-18-12-23-21(24-18)15(4)14(2)3;1-2;;;/h5-7,9-10,12-15H,1-4H3,(H,22,25)(H,23,24);1-2H3;2*1H3;/q-1;;2*-1;+3. The first kappa shape index (κ1) is 30.4. The molecule has 0 bridgehead atoms. The van der Waals surface area contributed by atoms with Gasteiger partial charge in [-0.3, -0.25) is 4.98 Å². The second-order valence-electron chi connectivity index (χ2n) is 6.51. The van der Waals surface area contributed by atoms with Gasteiger partial charge in [0.05, 0.1) is 11.9 Å². The maximum Gasteiger partial charge on any atom is 3.00 e. The van der Waals surface area contributed by atoms with Crippen LogP contribution < -0.4 is 0 Å². The van der Waals surface area contributed by atoms with Crippen LogP contribution in [-0.4, -0.2) is 19.9 Å². The number of hydrogen-bond acceptors (Lipinski definition) is 2. The fourth-order valence-corrected chi connectivity index (χ4v) is 2.45. The maximum atomic E-state index is 4.44. The molecule has 0 radical (unpaired) electrons. The van der Waals surface area contributed by atoms with Crippen LogP contribution in [0.2, 0.25) is 0 Å². The average Bonchev–Trinajstić information content (AvgIpc) is 3.37. The van der Waals surface area contributed by atoms with Crippen molar-refractivity contribution in [3.63, 3.8) is 0 Å². The van der Waals surface area contributed by atoms with Crippen molar-refractivity contribution in [1.82, 2.24) is 19.9 Å². The minimum atomic E-state index is 0. The molecule has 0 fully saturated rings. The molecule has 0 aliphatic heterocycles. The Hall–Kier alpha value is -1.83. The normalized spacial score (nSPS) is 10.1. The molecule has 0 aliphatic rings. The third-order valence-electron chi connectivity index (χ3n) is 4.43. The van der Waals surface area contributed by atoms with Crippen molar-refractivity contribution < 1.29 is 32.7 Å². The molecule has 1 atom stereocenters. The minimum absolute atomic E-state index is 0. The Kier molecular flexibility index (Phi) is 15.2. The molecule has 1 unspecified atom stereocenters. The molecule has 0 aliphatic carbocycles. The van der Waals surface area contributed by atoms with Crippen LogP contribution in [0.4, 0.5) is 0 Å². The van der Waals surface area contributed by atoms with Crippen molar-refractivity contribution in [2.24, 2.45) is 5.92 Å². The monoisotopic (exact) mass is 480 g/mol. The first-order valence-corrected chi connectivity index (χ1v) is 9.58. The molecule has 3 aromatic rings. The molecule has 30 heavy (non-hydrogen) atoms. The van der Waals surface area contributed by atoms with E-state index in [-0.39, 0.29) is 47.6 Å². The van der Waals surface area contributed by atoms with Crippen LogP contribution in [0.15, 0.2) is 36.7 Å². The average molecular weight is 480 g/mol. The number of hydrogen-bond donors (Lipinski definition) is 2. The number of benzene rings is 1. The molecule has 0 saturated heterocycles. The van der Waals surface area contributed by atoms with Crippen LogP contribution >= 0.6 is 0 Å². The zero-order valence-electron chi connectivity index (χ0n) is 19.7. The van der Waals surface area contributed by atoms with E-state index in [4.69, 9.17) is 0 Å². The largest absolute Gasteiger partial charge is 3.00 e. The molecule has 0 spiro atoms. The number of aromatic amines is 2. The van der Waals surface area contributed by atoms with E-state index in [9.17, 15) is 0 Å². The summed E-state index contributed by atoms with van der Waals surface area (Å²) in [7, 11) is 0. The van der Waals surface area contributed by atoms with E-state index in [0.717, 1.165) is 34.2 Å². The smallest absolute Gasteiger partial charge is 0.368 e. The summed E-state index contributed by atoms with van der Waals surface area (Å²) < 4.78 is 0. The molecule has 1 aromatic carbocycles. The van der Waals surface area contributed by atoms with Crippen LogP contribution in [-0.2, 0) is 32.7 Å². The van der Waals surface area contributed by atoms with Crippen molar-refractivity contribution in [2.45, 2.75) is 47.5 Å². The molecule has 158 valence electrons. The van der Waals surface area contributed by atoms with Crippen molar-refractivity contribution in [3.05, 3.63) is 80.8 Å². The molecule has 2 N–H and O–H groups in total. The number of H-pyrrole nitrogens is 2. The summed E-state index contributed by atoms with van der Waals surface area (Å²) >= 11 is 0. The van der Waals surface area contributed by atoms with Gasteiger partial charge in [0.1, 0.15) is 11.5 Å². The van der Waals surface area contributed by atoms with E-state index in [1.807, 2.05) is 51.7 Å². The van der Waals surface area contributed by atoms with Gasteiger partial charge >= 0.3 is 32.7 Å². The summed E-state index contributed by atoms with van der Waals surface area (Å²) in [5.74, 6) is 9.16. The van der Waals surface area contributed by atoms with Crippen LogP contribution in [0.5, 0.6) is 0 Å². The van der Waals surface area contributed by atoms with E-state index in [1.165, 1.54) is 0 Å². The second-order valence-corrected chi connectivity index (χ2v) is 6.51. The predicted molar refractivity (Wildman–Crippen MR) is 125 cm³/mol. The van der Waals surface area contributed by atoms with Crippen molar-refractivity contribution in [2.75, 3.05) is 0 Å². The molecular weight excluding hydrogens is 445 g/mol. The Morgan fingerprint density at radius 3 is 2.07 bits per heavy atom. The van der Waals surface area contributed by atoms with Gasteiger partial charge in [-0.05, 0) is 35.4 Å². The Balaban J connectivity index is 0. The first-order valence-electron chi connectivity index (χ1n) is 9.58. The van der Waals surface area contributed by atoms with E-state index >= 15 is 0 Å². The Morgan fingerprint density at radius 1 is 0.900 bits per heavy atom. The van der Waals surface area contributed by atoms with E-state index in [2.05, 4.69) is 64.7 Å². The summed E-state index contributed by atoms with van der Waals surface area (Å²) in [6.07, 6.45) is 5.60. The number of nitrogens with zero attached hydrogens (tertiary/aromatic N) is 2. The van der Waals surface area contributed by atoms with Crippen LogP contribution in [0.25, 0.3) is 11.3 Å². The SMILES string of the molecule is CC.C[CH-]c1ncc(-c2ccc(C#Cc3cnc(C(C)C(C)C)[nH]3)cc2)[nH]1.[CH3-].[CH3-].[Y+3]. The first-order chi connectivity index (χ1) is 13.1. The third kappa shape index (κ3) is 8.13. The van der Waals surface area contributed by atoms with Crippen molar-refractivity contribution in [3.8, 4) is 23.1 Å². The molecule has 4 nitrogen and oxygen atoms in total. The summed E-state index contributed by atoms with van der Waals surface area (Å²) in [6, 6.07) is 8.14. The molecule has 5 heteroatoms. The summed E-state index contributed by atoms with van der Waals surface area (Å²) in [5.41, 5.74) is 3.93. The zero-order valence-corrected chi connectivity index (χ0v) is 22.5. The van der Waals surface area contributed by atoms with Crippen LogP contribution in [0.3, 0.4) is 0 Å². The molecule has 2 aromatic heterocycles. The topological polar surface area (TPSA) is 57.4 Å². The number of imidazole rings is 2. The maximum absolute atomic E-state index is 4.44. The van der Waals surface area contributed by atoms with Gasteiger partial charge in [0.15, 0.2) is 0 Å². The third-order valence-corrected chi connectivity index (χ3v) is 4.43. The van der Waals surface area contributed by atoms with Gasteiger partial charge in [0.2, 0.25) is 0 Å². The van der Waals surface area contributed by atoms with Gasteiger partial charge in [-0.25, -0.2) is 4.98 Å². The Bertz CT molecular complexity index is 895. The van der Waals surface area contributed by atoms with Gasteiger partial charge in [-0.2, -0.15) is 6.92 Å².